The number of hydrogen-bond acceptors (Lipinski definition) is 5. The molecule has 1 rings (SSSR count). The summed E-state index contributed by atoms with van der Waals surface area (Å²) in [5.41, 5.74) is 10.6. The normalized spacial score (nSPS) is 16.2. The van der Waals surface area contributed by atoms with Crippen molar-refractivity contribution in [2.75, 3.05) is 6.54 Å². The van der Waals surface area contributed by atoms with E-state index in [1.54, 1.807) is 0 Å². The molecule has 158 valence electrons. The van der Waals surface area contributed by atoms with Gasteiger partial charge in [0.15, 0.2) is 0 Å². The van der Waals surface area contributed by atoms with Gasteiger partial charge in [-0.25, -0.2) is 0 Å². The monoisotopic (exact) mass is 402 g/mol. The Morgan fingerprint density at radius 1 is 1.07 bits per heavy atom. The standard InChI is InChI=1S/C15H28N4O3S.C4H10/c16-8-4-3-7-11(15(22)19-13(23)9-12(17)20)18-14(21)10-5-1-2-6-10;1-4(2)3/h10-11,13,23H,1-9,16H2,(H2,17,20)(H,18,21)(H,19,22);4H,1-3H3. The smallest absolute Gasteiger partial charge is 0.243 e. The van der Waals surface area contributed by atoms with Crippen LogP contribution in [0.5, 0.6) is 0 Å². The maximum Gasteiger partial charge on any atom is 0.243 e. The Balaban J connectivity index is 0.00000153. The van der Waals surface area contributed by atoms with E-state index in [1.165, 1.54) is 0 Å². The minimum Gasteiger partial charge on any atom is -0.370 e. The Labute approximate surface area is 169 Å². The Hall–Kier alpha value is -1.28. The zero-order valence-electron chi connectivity index (χ0n) is 17.0. The third-order valence-electron chi connectivity index (χ3n) is 4.01. The van der Waals surface area contributed by atoms with Crippen molar-refractivity contribution in [3.8, 4) is 0 Å². The fourth-order valence-corrected chi connectivity index (χ4v) is 3.05. The van der Waals surface area contributed by atoms with Gasteiger partial charge in [-0.2, -0.15) is 12.6 Å². The Kier molecular flexibility index (Phi) is 14.0. The first kappa shape index (κ1) is 25.7. The second kappa shape index (κ2) is 14.7. The lowest BCUT2D eigenvalue weighted by Crippen LogP contribution is -2.50. The van der Waals surface area contributed by atoms with E-state index in [4.69, 9.17) is 11.5 Å². The molecule has 2 unspecified atom stereocenters. The van der Waals surface area contributed by atoms with Crippen LogP contribution >= 0.6 is 12.6 Å². The molecule has 1 aliphatic rings. The molecule has 1 fully saturated rings. The van der Waals surface area contributed by atoms with Crippen molar-refractivity contribution in [3.05, 3.63) is 0 Å². The average Bonchev–Trinajstić information content (AvgIpc) is 3.07. The van der Waals surface area contributed by atoms with Crippen LogP contribution in [0, 0.1) is 11.8 Å². The molecule has 0 radical (unpaired) electrons. The molecule has 6 N–H and O–H groups in total. The van der Waals surface area contributed by atoms with E-state index >= 15 is 0 Å². The van der Waals surface area contributed by atoms with Crippen molar-refractivity contribution < 1.29 is 14.4 Å². The van der Waals surface area contributed by atoms with Gasteiger partial charge in [-0.3, -0.25) is 14.4 Å². The number of primary amides is 1. The predicted molar refractivity (Wildman–Crippen MR) is 112 cm³/mol. The lowest BCUT2D eigenvalue weighted by molar-refractivity contribution is -0.131. The van der Waals surface area contributed by atoms with Gasteiger partial charge >= 0.3 is 0 Å². The van der Waals surface area contributed by atoms with E-state index in [1.807, 2.05) is 0 Å². The second-order valence-corrected chi connectivity index (χ2v) is 8.38. The summed E-state index contributed by atoms with van der Waals surface area (Å²) in [7, 11) is 0. The van der Waals surface area contributed by atoms with Crippen molar-refractivity contribution >= 4 is 30.4 Å². The second-order valence-electron chi connectivity index (χ2n) is 7.75. The quantitative estimate of drug-likeness (QED) is 0.216. The van der Waals surface area contributed by atoms with Crippen LogP contribution in [0.4, 0.5) is 0 Å². The zero-order chi connectivity index (χ0) is 20.8. The van der Waals surface area contributed by atoms with Gasteiger partial charge in [0.05, 0.1) is 11.8 Å². The van der Waals surface area contributed by atoms with Crippen LogP contribution < -0.4 is 22.1 Å². The molecule has 3 amide bonds. The fourth-order valence-electron chi connectivity index (χ4n) is 2.75. The first-order chi connectivity index (χ1) is 12.7. The SMILES string of the molecule is CC(C)C.NCCCCC(NC(=O)C1CCCC1)C(=O)NC(S)CC(N)=O. The third kappa shape index (κ3) is 13.5. The highest BCUT2D eigenvalue weighted by Gasteiger charge is 2.28. The molecule has 0 aliphatic heterocycles. The molecule has 8 heteroatoms. The lowest BCUT2D eigenvalue weighted by atomic mass is 10.0. The van der Waals surface area contributed by atoms with Crippen LogP contribution in [0.25, 0.3) is 0 Å². The summed E-state index contributed by atoms with van der Waals surface area (Å²) in [4.78, 5) is 35.4. The molecular weight excluding hydrogens is 364 g/mol. The highest BCUT2D eigenvalue weighted by Crippen LogP contribution is 2.25. The van der Waals surface area contributed by atoms with Crippen LogP contribution in [0.1, 0.15) is 72.1 Å². The van der Waals surface area contributed by atoms with Gasteiger partial charge in [-0.15, -0.1) is 0 Å². The molecule has 1 saturated carbocycles. The van der Waals surface area contributed by atoms with Crippen LogP contribution in [0.15, 0.2) is 0 Å². The first-order valence-corrected chi connectivity index (χ1v) is 10.5. The molecule has 0 heterocycles. The summed E-state index contributed by atoms with van der Waals surface area (Å²) in [6.45, 7) is 7.04. The molecule has 0 aromatic heterocycles. The minimum atomic E-state index is -0.652. The number of unbranched alkanes of at least 4 members (excludes halogenated alkanes) is 1. The maximum atomic E-state index is 12.3. The summed E-state index contributed by atoms with van der Waals surface area (Å²) in [6, 6.07) is -0.628. The van der Waals surface area contributed by atoms with Crippen LogP contribution in [-0.2, 0) is 14.4 Å². The number of amides is 3. The molecular formula is C19H38N4O3S. The minimum absolute atomic E-state index is 0.00257. The highest BCUT2D eigenvalue weighted by molar-refractivity contribution is 7.81. The summed E-state index contributed by atoms with van der Waals surface area (Å²) in [5.74, 6) is -0.118. The van der Waals surface area contributed by atoms with Gasteiger partial charge < -0.3 is 22.1 Å². The lowest BCUT2D eigenvalue weighted by Gasteiger charge is -2.22. The molecule has 7 nitrogen and oxygen atoms in total. The van der Waals surface area contributed by atoms with Crippen LogP contribution in [0.3, 0.4) is 0 Å². The summed E-state index contributed by atoms with van der Waals surface area (Å²) < 4.78 is 0. The summed E-state index contributed by atoms with van der Waals surface area (Å²) in [5, 5.41) is 4.79. The fraction of sp³-hybridized carbons (Fsp3) is 0.842. The highest BCUT2D eigenvalue weighted by atomic mass is 32.1. The van der Waals surface area contributed by atoms with Gasteiger partial charge in [0.1, 0.15) is 6.04 Å². The topological polar surface area (TPSA) is 127 Å². The van der Waals surface area contributed by atoms with Gasteiger partial charge in [0.2, 0.25) is 17.7 Å². The number of rotatable bonds is 10. The Bertz CT molecular complexity index is 451. The van der Waals surface area contributed by atoms with Crippen molar-refractivity contribution in [2.45, 2.75) is 83.6 Å². The van der Waals surface area contributed by atoms with Crippen molar-refractivity contribution in [2.24, 2.45) is 23.3 Å². The van der Waals surface area contributed by atoms with Gasteiger partial charge in [-0.1, -0.05) is 33.6 Å². The number of carbonyl (C=O) groups is 3. The number of nitrogens with two attached hydrogens (primary N) is 2. The Morgan fingerprint density at radius 3 is 2.11 bits per heavy atom. The average molecular weight is 403 g/mol. The van der Waals surface area contributed by atoms with E-state index in [9.17, 15) is 14.4 Å². The molecule has 2 atom stereocenters. The van der Waals surface area contributed by atoms with Crippen LogP contribution in [-0.4, -0.2) is 35.7 Å². The number of carbonyl (C=O) groups excluding carboxylic acids is 3. The summed E-state index contributed by atoms with van der Waals surface area (Å²) in [6.07, 6.45) is 5.85. The predicted octanol–water partition coefficient (Wildman–Crippen LogP) is 1.70. The van der Waals surface area contributed by atoms with E-state index in [-0.39, 0.29) is 24.2 Å². The van der Waals surface area contributed by atoms with Crippen molar-refractivity contribution in [1.82, 2.24) is 10.6 Å². The van der Waals surface area contributed by atoms with Crippen molar-refractivity contribution in [1.29, 1.82) is 0 Å². The molecule has 0 spiro atoms. The van der Waals surface area contributed by atoms with Gasteiger partial charge in [0.25, 0.3) is 0 Å². The van der Waals surface area contributed by atoms with Crippen molar-refractivity contribution in [3.63, 3.8) is 0 Å². The number of thiol groups is 1. The van der Waals surface area contributed by atoms with Gasteiger partial charge in [0, 0.05) is 5.92 Å². The van der Waals surface area contributed by atoms with E-state index in [0.717, 1.165) is 44.4 Å². The zero-order valence-corrected chi connectivity index (χ0v) is 17.9. The maximum absolute atomic E-state index is 12.3. The van der Waals surface area contributed by atoms with E-state index in [2.05, 4.69) is 44.0 Å². The molecule has 0 aromatic rings. The number of nitrogens with one attached hydrogen (secondary N) is 2. The van der Waals surface area contributed by atoms with E-state index in [0.29, 0.717) is 13.0 Å². The molecule has 27 heavy (non-hydrogen) atoms. The molecule has 1 aliphatic carbocycles. The molecule has 0 saturated heterocycles. The largest absolute Gasteiger partial charge is 0.370 e. The first-order valence-electron chi connectivity index (χ1n) is 9.94. The Morgan fingerprint density at radius 2 is 1.63 bits per heavy atom. The van der Waals surface area contributed by atoms with E-state index < -0.39 is 17.3 Å². The molecule has 0 bridgehead atoms. The third-order valence-corrected chi connectivity index (χ3v) is 4.32. The van der Waals surface area contributed by atoms with Gasteiger partial charge in [-0.05, 0) is 44.6 Å². The summed E-state index contributed by atoms with van der Waals surface area (Å²) >= 11 is 4.13. The number of hydrogen-bond donors (Lipinski definition) is 5. The molecule has 0 aromatic carbocycles. The van der Waals surface area contributed by atoms with Crippen LogP contribution in [0.2, 0.25) is 0 Å².